The fourth-order valence-corrected chi connectivity index (χ4v) is 1.21. The van der Waals surface area contributed by atoms with Gasteiger partial charge in [-0.3, -0.25) is 4.79 Å². The van der Waals surface area contributed by atoms with E-state index in [1.807, 2.05) is 19.1 Å². The maximum Gasteiger partial charge on any atom is 0.234 e. The van der Waals surface area contributed by atoms with Crippen LogP contribution in [0.2, 0.25) is 5.02 Å². The minimum absolute atomic E-state index is 0.0158. The first-order valence-corrected chi connectivity index (χ1v) is 5.23. The van der Waals surface area contributed by atoms with Crippen molar-refractivity contribution >= 4 is 17.5 Å². The maximum atomic E-state index is 10.8. The van der Waals surface area contributed by atoms with Crippen molar-refractivity contribution in [3.8, 4) is 11.8 Å². The SMILES string of the molecule is Cc1ccc(C#CCNC(=O)CN)cc1Cl. The molecule has 0 aliphatic carbocycles. The first-order chi connectivity index (χ1) is 7.63. The van der Waals surface area contributed by atoms with E-state index in [2.05, 4.69) is 17.2 Å². The van der Waals surface area contributed by atoms with E-state index in [1.54, 1.807) is 6.07 Å². The molecule has 0 aliphatic heterocycles. The van der Waals surface area contributed by atoms with Crippen molar-refractivity contribution in [3.63, 3.8) is 0 Å². The highest BCUT2D eigenvalue weighted by atomic mass is 35.5. The van der Waals surface area contributed by atoms with Crippen LogP contribution in [0.15, 0.2) is 18.2 Å². The Morgan fingerprint density at radius 2 is 2.31 bits per heavy atom. The first-order valence-electron chi connectivity index (χ1n) is 4.85. The van der Waals surface area contributed by atoms with E-state index in [9.17, 15) is 4.79 Å². The number of rotatable bonds is 2. The number of carbonyl (C=O) groups excluding carboxylic acids is 1. The Hall–Kier alpha value is -1.50. The third-order valence-electron chi connectivity index (χ3n) is 1.96. The number of hydrogen-bond acceptors (Lipinski definition) is 2. The fourth-order valence-electron chi connectivity index (χ4n) is 1.03. The van der Waals surface area contributed by atoms with Gasteiger partial charge in [-0.2, -0.15) is 0 Å². The van der Waals surface area contributed by atoms with Crippen LogP contribution in [0.3, 0.4) is 0 Å². The van der Waals surface area contributed by atoms with Crippen LogP contribution < -0.4 is 11.1 Å². The van der Waals surface area contributed by atoms with Gasteiger partial charge < -0.3 is 11.1 Å². The molecule has 1 aromatic carbocycles. The van der Waals surface area contributed by atoms with Gasteiger partial charge in [0, 0.05) is 10.6 Å². The number of hydrogen-bond donors (Lipinski definition) is 2. The Morgan fingerprint density at radius 1 is 1.56 bits per heavy atom. The molecular weight excluding hydrogens is 224 g/mol. The topological polar surface area (TPSA) is 55.1 Å². The molecule has 0 atom stereocenters. The van der Waals surface area contributed by atoms with Gasteiger partial charge in [0.1, 0.15) is 0 Å². The van der Waals surface area contributed by atoms with Crippen LogP contribution in [0.1, 0.15) is 11.1 Å². The predicted molar refractivity (Wildman–Crippen MR) is 65.1 cm³/mol. The predicted octanol–water partition coefficient (Wildman–Crippen LogP) is 1.07. The monoisotopic (exact) mass is 236 g/mol. The largest absolute Gasteiger partial charge is 0.344 e. The molecule has 0 radical (unpaired) electrons. The average molecular weight is 237 g/mol. The summed E-state index contributed by atoms with van der Waals surface area (Å²) >= 11 is 5.95. The number of aryl methyl sites for hydroxylation is 1. The summed E-state index contributed by atoms with van der Waals surface area (Å²) in [5.74, 6) is 5.51. The van der Waals surface area contributed by atoms with E-state index in [-0.39, 0.29) is 12.5 Å². The van der Waals surface area contributed by atoms with Crippen molar-refractivity contribution in [1.82, 2.24) is 5.32 Å². The van der Waals surface area contributed by atoms with E-state index in [0.717, 1.165) is 11.1 Å². The molecule has 0 saturated heterocycles. The fraction of sp³-hybridized carbons (Fsp3) is 0.250. The molecule has 0 aliphatic rings. The second-order valence-electron chi connectivity index (χ2n) is 3.25. The Bertz CT molecular complexity index is 446. The Morgan fingerprint density at radius 3 is 2.94 bits per heavy atom. The molecule has 84 valence electrons. The van der Waals surface area contributed by atoms with Crippen molar-refractivity contribution in [1.29, 1.82) is 0 Å². The molecular formula is C12H13ClN2O. The summed E-state index contributed by atoms with van der Waals surface area (Å²) in [5, 5.41) is 3.25. The van der Waals surface area contributed by atoms with Gasteiger partial charge in [-0.05, 0) is 24.6 Å². The van der Waals surface area contributed by atoms with Gasteiger partial charge in [-0.25, -0.2) is 0 Å². The summed E-state index contributed by atoms with van der Waals surface area (Å²) in [7, 11) is 0. The molecule has 4 heteroatoms. The zero-order valence-corrected chi connectivity index (χ0v) is 9.77. The van der Waals surface area contributed by atoms with E-state index >= 15 is 0 Å². The van der Waals surface area contributed by atoms with Gasteiger partial charge >= 0.3 is 0 Å². The normalized spacial score (nSPS) is 9.19. The molecule has 0 heterocycles. The Kier molecular flexibility index (Phi) is 4.84. The molecule has 3 N–H and O–H groups in total. The van der Waals surface area contributed by atoms with Gasteiger partial charge in [0.2, 0.25) is 5.91 Å². The molecule has 1 rings (SSSR count). The maximum absolute atomic E-state index is 10.8. The summed E-state index contributed by atoms with van der Waals surface area (Å²) in [6, 6.07) is 5.60. The van der Waals surface area contributed by atoms with Crippen LogP contribution in [0.5, 0.6) is 0 Å². The quantitative estimate of drug-likeness (QED) is 0.755. The minimum atomic E-state index is -0.212. The summed E-state index contributed by atoms with van der Waals surface area (Å²) in [6.45, 7) is 2.21. The van der Waals surface area contributed by atoms with Crippen LogP contribution in [0.25, 0.3) is 0 Å². The Balaban J connectivity index is 2.56. The second-order valence-corrected chi connectivity index (χ2v) is 3.65. The molecule has 0 unspecified atom stereocenters. The van der Waals surface area contributed by atoms with Crippen molar-refractivity contribution < 1.29 is 4.79 Å². The molecule has 0 saturated carbocycles. The highest BCUT2D eigenvalue weighted by molar-refractivity contribution is 6.31. The first kappa shape index (κ1) is 12.6. The molecule has 0 fully saturated rings. The van der Waals surface area contributed by atoms with Crippen LogP contribution in [0.4, 0.5) is 0 Å². The lowest BCUT2D eigenvalue weighted by atomic mass is 10.1. The third-order valence-corrected chi connectivity index (χ3v) is 2.37. The van der Waals surface area contributed by atoms with E-state index < -0.39 is 0 Å². The highest BCUT2D eigenvalue weighted by Gasteiger charge is 1.95. The molecule has 3 nitrogen and oxygen atoms in total. The lowest BCUT2D eigenvalue weighted by molar-refractivity contribution is -0.119. The standard InChI is InChI=1S/C12H13ClN2O/c1-9-4-5-10(7-11(9)13)3-2-6-15-12(16)8-14/h4-5,7H,6,8,14H2,1H3,(H,15,16). The number of halogens is 1. The summed E-state index contributed by atoms with van der Waals surface area (Å²) in [4.78, 5) is 10.8. The third kappa shape index (κ3) is 3.93. The van der Waals surface area contributed by atoms with Crippen molar-refractivity contribution in [2.75, 3.05) is 13.1 Å². The molecule has 0 spiro atoms. The highest BCUT2D eigenvalue weighted by Crippen LogP contribution is 2.15. The molecule has 0 bridgehead atoms. The van der Waals surface area contributed by atoms with E-state index in [1.165, 1.54) is 0 Å². The minimum Gasteiger partial charge on any atom is -0.344 e. The number of amides is 1. The number of benzene rings is 1. The zero-order chi connectivity index (χ0) is 12.0. The van der Waals surface area contributed by atoms with Gasteiger partial charge in [-0.15, -0.1) is 0 Å². The van der Waals surface area contributed by atoms with Crippen molar-refractivity contribution in [2.24, 2.45) is 5.73 Å². The van der Waals surface area contributed by atoms with Gasteiger partial charge in [0.05, 0.1) is 13.1 Å². The van der Waals surface area contributed by atoms with Crippen LogP contribution in [-0.2, 0) is 4.79 Å². The Labute approximate surface area is 100.0 Å². The summed E-state index contributed by atoms with van der Waals surface area (Å²) < 4.78 is 0. The molecule has 16 heavy (non-hydrogen) atoms. The average Bonchev–Trinajstić information content (AvgIpc) is 2.28. The molecule has 0 aromatic heterocycles. The van der Waals surface area contributed by atoms with Crippen molar-refractivity contribution in [2.45, 2.75) is 6.92 Å². The smallest absolute Gasteiger partial charge is 0.234 e. The lowest BCUT2D eigenvalue weighted by Crippen LogP contribution is -2.30. The summed E-state index contributed by atoms with van der Waals surface area (Å²) in [6.07, 6.45) is 0. The second kappa shape index (κ2) is 6.16. The van der Waals surface area contributed by atoms with Crippen LogP contribution in [-0.4, -0.2) is 19.0 Å². The van der Waals surface area contributed by atoms with E-state index in [4.69, 9.17) is 17.3 Å². The lowest BCUT2D eigenvalue weighted by Gasteiger charge is -1.97. The number of carbonyl (C=O) groups is 1. The van der Waals surface area contributed by atoms with Gasteiger partial charge in [-0.1, -0.05) is 29.5 Å². The van der Waals surface area contributed by atoms with Crippen LogP contribution in [0, 0.1) is 18.8 Å². The number of nitrogens with two attached hydrogens (primary N) is 1. The molecule has 1 amide bonds. The van der Waals surface area contributed by atoms with E-state index in [0.29, 0.717) is 11.6 Å². The van der Waals surface area contributed by atoms with Gasteiger partial charge in [0.15, 0.2) is 0 Å². The van der Waals surface area contributed by atoms with Crippen LogP contribution >= 0.6 is 11.6 Å². The van der Waals surface area contributed by atoms with Gasteiger partial charge in [0.25, 0.3) is 0 Å². The number of nitrogens with one attached hydrogen (secondary N) is 1. The summed E-state index contributed by atoms with van der Waals surface area (Å²) in [5.41, 5.74) is 6.97. The zero-order valence-electron chi connectivity index (χ0n) is 9.01. The molecule has 1 aromatic rings. The van der Waals surface area contributed by atoms with Crippen molar-refractivity contribution in [3.05, 3.63) is 34.3 Å².